The molecule has 20 heavy (non-hydrogen) atoms. The summed E-state index contributed by atoms with van der Waals surface area (Å²) in [7, 11) is 0. The van der Waals surface area contributed by atoms with Gasteiger partial charge in [-0.2, -0.15) is 0 Å². The quantitative estimate of drug-likeness (QED) is 0.750. The zero-order valence-electron chi connectivity index (χ0n) is 13.2. The van der Waals surface area contributed by atoms with Crippen molar-refractivity contribution >= 4 is 5.78 Å². The van der Waals surface area contributed by atoms with E-state index in [1.54, 1.807) is 0 Å². The fraction of sp³-hybridized carbons (Fsp3) is 0.944. The summed E-state index contributed by atoms with van der Waals surface area (Å²) >= 11 is 0. The molecule has 3 unspecified atom stereocenters. The van der Waals surface area contributed by atoms with E-state index >= 15 is 0 Å². The van der Waals surface area contributed by atoms with E-state index in [0.717, 1.165) is 50.5 Å². The van der Waals surface area contributed by atoms with Crippen molar-refractivity contribution in [3.05, 3.63) is 0 Å². The van der Waals surface area contributed by atoms with E-state index in [2.05, 4.69) is 13.8 Å². The maximum atomic E-state index is 12.4. The van der Waals surface area contributed by atoms with Crippen LogP contribution in [0.2, 0.25) is 0 Å². The molecule has 3 aliphatic rings. The molecule has 2 aliphatic carbocycles. The Labute approximate surface area is 123 Å². The molecule has 0 bridgehead atoms. The zero-order chi connectivity index (χ0) is 14.2. The van der Waals surface area contributed by atoms with Gasteiger partial charge in [0, 0.05) is 18.9 Å². The first-order chi connectivity index (χ1) is 9.60. The summed E-state index contributed by atoms with van der Waals surface area (Å²) in [6, 6.07) is 0. The van der Waals surface area contributed by atoms with E-state index < -0.39 is 0 Å². The average Bonchev–Trinajstić information content (AvgIpc) is 2.87. The first kappa shape index (κ1) is 14.6. The van der Waals surface area contributed by atoms with Crippen molar-refractivity contribution in [2.24, 2.45) is 23.7 Å². The minimum Gasteiger partial charge on any atom is -0.375 e. The highest BCUT2D eigenvalue weighted by molar-refractivity contribution is 5.82. The molecule has 1 spiro atoms. The van der Waals surface area contributed by atoms with Crippen LogP contribution in [0.4, 0.5) is 0 Å². The Bertz CT molecular complexity index is 354. The second kappa shape index (κ2) is 5.79. The summed E-state index contributed by atoms with van der Waals surface area (Å²) in [5, 5.41) is 0. The molecule has 2 saturated carbocycles. The molecule has 0 aromatic heterocycles. The number of hydrogen-bond acceptors (Lipinski definition) is 2. The van der Waals surface area contributed by atoms with Gasteiger partial charge in [-0.3, -0.25) is 4.79 Å². The summed E-state index contributed by atoms with van der Waals surface area (Å²) in [6.45, 7) is 5.53. The topological polar surface area (TPSA) is 26.3 Å². The summed E-state index contributed by atoms with van der Waals surface area (Å²) in [6.07, 6.45) is 10.5. The molecule has 3 atom stereocenters. The zero-order valence-corrected chi connectivity index (χ0v) is 13.2. The maximum absolute atomic E-state index is 12.4. The molecule has 1 heterocycles. The molecule has 0 N–H and O–H groups in total. The van der Waals surface area contributed by atoms with Crippen LogP contribution in [0.25, 0.3) is 0 Å². The lowest BCUT2D eigenvalue weighted by atomic mass is 9.67. The largest absolute Gasteiger partial charge is 0.375 e. The first-order valence-electron chi connectivity index (χ1n) is 8.76. The predicted molar refractivity (Wildman–Crippen MR) is 80.6 cm³/mol. The summed E-state index contributed by atoms with van der Waals surface area (Å²) in [5.41, 5.74) is 0.161. The van der Waals surface area contributed by atoms with Gasteiger partial charge >= 0.3 is 0 Å². The Morgan fingerprint density at radius 1 is 1.20 bits per heavy atom. The third-order valence-corrected chi connectivity index (χ3v) is 6.29. The lowest BCUT2D eigenvalue weighted by Gasteiger charge is -2.43. The van der Waals surface area contributed by atoms with Gasteiger partial charge in [-0.1, -0.05) is 26.7 Å². The van der Waals surface area contributed by atoms with E-state index in [4.69, 9.17) is 4.74 Å². The standard InChI is InChI=1S/C18H30O2/c1-13(2)14-5-6-17(19)16(11-14)15-7-10-20-18(12-15)8-3-4-9-18/h13-16H,3-12H2,1-2H3. The molecular weight excluding hydrogens is 248 g/mol. The van der Waals surface area contributed by atoms with Gasteiger partial charge in [0.1, 0.15) is 5.78 Å². The molecule has 0 aromatic carbocycles. The Balaban J connectivity index is 1.68. The lowest BCUT2D eigenvalue weighted by Crippen LogP contribution is -2.43. The first-order valence-corrected chi connectivity index (χ1v) is 8.76. The SMILES string of the molecule is CC(C)C1CCC(=O)C(C2CCOC3(CCCC3)C2)C1. The summed E-state index contributed by atoms with van der Waals surface area (Å²) in [5.74, 6) is 3.00. The van der Waals surface area contributed by atoms with Crippen molar-refractivity contribution in [1.82, 2.24) is 0 Å². The van der Waals surface area contributed by atoms with Crippen molar-refractivity contribution in [2.75, 3.05) is 6.61 Å². The Kier molecular flexibility index (Phi) is 4.21. The van der Waals surface area contributed by atoms with E-state index in [-0.39, 0.29) is 5.60 Å². The maximum Gasteiger partial charge on any atom is 0.136 e. The molecule has 1 aliphatic heterocycles. The van der Waals surface area contributed by atoms with Crippen LogP contribution >= 0.6 is 0 Å². The van der Waals surface area contributed by atoms with E-state index in [1.807, 2.05) is 0 Å². The number of carbonyl (C=O) groups is 1. The van der Waals surface area contributed by atoms with E-state index in [0.29, 0.717) is 17.6 Å². The van der Waals surface area contributed by atoms with Crippen LogP contribution in [0.15, 0.2) is 0 Å². The fourth-order valence-corrected chi connectivity index (χ4v) is 4.93. The van der Waals surface area contributed by atoms with Crippen molar-refractivity contribution < 1.29 is 9.53 Å². The molecule has 0 aromatic rings. The third kappa shape index (κ3) is 2.81. The Morgan fingerprint density at radius 3 is 2.65 bits per heavy atom. The molecule has 2 heteroatoms. The highest BCUT2D eigenvalue weighted by Crippen LogP contribution is 2.47. The number of ether oxygens (including phenoxy) is 1. The molecule has 1 saturated heterocycles. The van der Waals surface area contributed by atoms with Crippen molar-refractivity contribution in [3.63, 3.8) is 0 Å². The lowest BCUT2D eigenvalue weighted by molar-refractivity contribution is -0.136. The van der Waals surface area contributed by atoms with E-state index in [1.165, 1.54) is 25.7 Å². The molecule has 2 nitrogen and oxygen atoms in total. The molecule has 3 fully saturated rings. The molecular formula is C18H30O2. The minimum atomic E-state index is 0.161. The van der Waals surface area contributed by atoms with Gasteiger partial charge in [0.25, 0.3) is 0 Å². The smallest absolute Gasteiger partial charge is 0.136 e. The molecule has 3 rings (SSSR count). The van der Waals surface area contributed by atoms with Gasteiger partial charge in [-0.05, 0) is 56.3 Å². The van der Waals surface area contributed by atoms with Crippen molar-refractivity contribution in [1.29, 1.82) is 0 Å². The second-order valence-corrected chi connectivity index (χ2v) is 7.84. The predicted octanol–water partition coefficient (Wildman–Crippen LogP) is 4.37. The number of hydrogen-bond donors (Lipinski definition) is 0. The van der Waals surface area contributed by atoms with Crippen LogP contribution in [0, 0.1) is 23.7 Å². The second-order valence-electron chi connectivity index (χ2n) is 7.84. The van der Waals surface area contributed by atoms with Gasteiger partial charge in [0.05, 0.1) is 5.60 Å². The highest BCUT2D eigenvalue weighted by atomic mass is 16.5. The number of Topliss-reactive ketones (excluding diaryl/α,β-unsaturated/α-hetero) is 1. The summed E-state index contributed by atoms with van der Waals surface area (Å²) in [4.78, 5) is 12.4. The third-order valence-electron chi connectivity index (χ3n) is 6.29. The minimum absolute atomic E-state index is 0.161. The molecule has 114 valence electrons. The van der Waals surface area contributed by atoms with Crippen LogP contribution in [-0.2, 0) is 9.53 Å². The molecule has 0 radical (unpaired) electrons. The van der Waals surface area contributed by atoms with Gasteiger partial charge in [-0.15, -0.1) is 0 Å². The Hall–Kier alpha value is -0.370. The van der Waals surface area contributed by atoms with Crippen molar-refractivity contribution in [3.8, 4) is 0 Å². The van der Waals surface area contributed by atoms with E-state index in [9.17, 15) is 4.79 Å². The van der Waals surface area contributed by atoms with Crippen LogP contribution < -0.4 is 0 Å². The van der Waals surface area contributed by atoms with Gasteiger partial charge in [0.2, 0.25) is 0 Å². The number of carbonyl (C=O) groups excluding carboxylic acids is 1. The fourth-order valence-electron chi connectivity index (χ4n) is 4.93. The normalized spacial score (nSPS) is 37.8. The number of ketones is 1. The summed E-state index contributed by atoms with van der Waals surface area (Å²) < 4.78 is 6.15. The highest BCUT2D eigenvalue weighted by Gasteiger charge is 2.44. The van der Waals surface area contributed by atoms with Gasteiger partial charge in [-0.25, -0.2) is 0 Å². The van der Waals surface area contributed by atoms with Crippen molar-refractivity contribution in [2.45, 2.75) is 77.2 Å². The van der Waals surface area contributed by atoms with Crippen LogP contribution in [0.5, 0.6) is 0 Å². The average molecular weight is 278 g/mol. The Morgan fingerprint density at radius 2 is 1.95 bits per heavy atom. The number of rotatable bonds is 2. The van der Waals surface area contributed by atoms with Gasteiger partial charge in [0.15, 0.2) is 0 Å². The van der Waals surface area contributed by atoms with Crippen LogP contribution in [0.3, 0.4) is 0 Å². The van der Waals surface area contributed by atoms with Crippen LogP contribution in [-0.4, -0.2) is 18.0 Å². The van der Waals surface area contributed by atoms with Crippen LogP contribution in [0.1, 0.15) is 71.6 Å². The monoisotopic (exact) mass is 278 g/mol. The van der Waals surface area contributed by atoms with Gasteiger partial charge < -0.3 is 4.74 Å². The molecule has 0 amide bonds.